The van der Waals surface area contributed by atoms with E-state index in [4.69, 9.17) is 4.74 Å². The van der Waals surface area contributed by atoms with Crippen molar-refractivity contribution in [3.63, 3.8) is 0 Å². The number of aromatic nitrogens is 1. The molecule has 1 aromatic heterocycles. The minimum absolute atomic E-state index is 0.0449. The molecule has 2 amide bonds. The predicted octanol–water partition coefficient (Wildman–Crippen LogP) is 4.01. The summed E-state index contributed by atoms with van der Waals surface area (Å²) in [7, 11) is 1.53. The lowest BCUT2D eigenvalue weighted by molar-refractivity contribution is -0.274. The highest BCUT2D eigenvalue weighted by atomic mass is 19.4. The number of benzene rings is 2. The van der Waals surface area contributed by atoms with E-state index in [2.05, 4.69) is 10.1 Å². The Morgan fingerprint density at radius 2 is 1.66 bits per heavy atom. The van der Waals surface area contributed by atoms with E-state index in [-0.39, 0.29) is 23.4 Å². The minimum atomic E-state index is -4.86. The molecule has 0 unspecified atom stereocenters. The van der Waals surface area contributed by atoms with Crippen LogP contribution in [0.4, 0.5) is 18.9 Å². The molecule has 2 aromatic carbocycles. The smallest absolute Gasteiger partial charge is 0.497 e. The first-order valence-electron chi connectivity index (χ1n) is 11.8. The molecule has 1 fully saturated rings. The Morgan fingerprint density at radius 3 is 2.24 bits per heavy atom. The van der Waals surface area contributed by atoms with Crippen LogP contribution in [-0.2, 0) is 11.3 Å². The molecule has 0 spiro atoms. The SMILES string of the molecule is CCn1ccc(C)c(N2C[C@@H](c3ccc(OC)cc3)[C@H](NC(=O)c3ccc(OC(F)(F)F)cc3)C2=O)c1=O. The van der Waals surface area contributed by atoms with Gasteiger partial charge in [-0.05, 0) is 67.4 Å². The molecule has 3 aromatic rings. The van der Waals surface area contributed by atoms with Crippen LogP contribution in [0.1, 0.15) is 34.3 Å². The quantitative estimate of drug-likeness (QED) is 0.500. The van der Waals surface area contributed by atoms with E-state index >= 15 is 0 Å². The normalized spacial score (nSPS) is 17.4. The molecule has 4 rings (SSSR count). The highest BCUT2D eigenvalue weighted by Gasteiger charge is 2.44. The van der Waals surface area contributed by atoms with E-state index < -0.39 is 35.9 Å². The van der Waals surface area contributed by atoms with Crippen LogP contribution in [0, 0.1) is 6.92 Å². The second kappa shape index (κ2) is 10.6. The number of rotatable bonds is 7. The van der Waals surface area contributed by atoms with Crippen LogP contribution in [0.3, 0.4) is 0 Å². The van der Waals surface area contributed by atoms with Gasteiger partial charge in [0, 0.05) is 30.8 Å². The van der Waals surface area contributed by atoms with Crippen molar-refractivity contribution < 1.29 is 32.2 Å². The van der Waals surface area contributed by atoms with Crippen LogP contribution in [0.15, 0.2) is 65.6 Å². The zero-order chi connectivity index (χ0) is 27.6. The molecule has 1 N–H and O–H groups in total. The molecule has 1 aliphatic rings. The number of pyridine rings is 1. The number of carbonyl (C=O) groups excluding carboxylic acids is 2. The molecule has 2 heterocycles. The summed E-state index contributed by atoms with van der Waals surface area (Å²) < 4.78 is 48.0. The maximum atomic E-state index is 13.7. The van der Waals surface area contributed by atoms with E-state index in [0.29, 0.717) is 17.9 Å². The molecule has 0 radical (unpaired) electrons. The summed E-state index contributed by atoms with van der Waals surface area (Å²) in [5, 5.41) is 2.72. The number of methoxy groups -OCH3 is 1. The fraction of sp³-hybridized carbons (Fsp3) is 0.296. The zero-order valence-electron chi connectivity index (χ0n) is 20.9. The van der Waals surface area contributed by atoms with Crippen LogP contribution in [0.25, 0.3) is 0 Å². The van der Waals surface area contributed by atoms with Crippen molar-refractivity contribution in [3.05, 3.63) is 87.8 Å². The van der Waals surface area contributed by atoms with Gasteiger partial charge in [0.25, 0.3) is 11.5 Å². The largest absolute Gasteiger partial charge is 0.573 e. The van der Waals surface area contributed by atoms with Crippen molar-refractivity contribution >= 4 is 17.5 Å². The highest BCUT2D eigenvalue weighted by molar-refractivity contribution is 6.05. The van der Waals surface area contributed by atoms with E-state index in [1.54, 1.807) is 43.5 Å². The number of halogens is 3. The second-order valence-corrected chi connectivity index (χ2v) is 8.79. The number of aryl methyl sites for hydroxylation is 2. The van der Waals surface area contributed by atoms with Crippen LogP contribution in [-0.4, -0.2) is 42.4 Å². The van der Waals surface area contributed by atoms with E-state index in [1.165, 1.54) is 28.7 Å². The summed E-state index contributed by atoms with van der Waals surface area (Å²) in [6, 6.07) is 12.2. The van der Waals surface area contributed by atoms with Gasteiger partial charge in [-0.1, -0.05) is 12.1 Å². The number of carbonyl (C=O) groups is 2. The Labute approximate surface area is 216 Å². The number of amides is 2. The molecule has 200 valence electrons. The van der Waals surface area contributed by atoms with Gasteiger partial charge >= 0.3 is 6.36 Å². The summed E-state index contributed by atoms with van der Waals surface area (Å²) in [5.74, 6) is -1.50. The fourth-order valence-corrected chi connectivity index (χ4v) is 4.51. The molecule has 1 saturated heterocycles. The van der Waals surface area contributed by atoms with Crippen molar-refractivity contribution in [1.29, 1.82) is 0 Å². The molecule has 1 aliphatic heterocycles. The lowest BCUT2D eigenvalue weighted by atomic mass is 9.93. The minimum Gasteiger partial charge on any atom is -0.497 e. The third-order valence-electron chi connectivity index (χ3n) is 6.45. The Bertz CT molecular complexity index is 1390. The molecule has 0 aliphatic carbocycles. The van der Waals surface area contributed by atoms with Crippen molar-refractivity contribution in [1.82, 2.24) is 9.88 Å². The number of alkyl halides is 3. The van der Waals surface area contributed by atoms with Gasteiger partial charge in [0.2, 0.25) is 5.91 Å². The molecule has 0 bridgehead atoms. The maximum Gasteiger partial charge on any atom is 0.573 e. The maximum absolute atomic E-state index is 13.7. The van der Waals surface area contributed by atoms with Gasteiger partial charge in [-0.2, -0.15) is 0 Å². The van der Waals surface area contributed by atoms with Crippen LogP contribution >= 0.6 is 0 Å². The molecule has 0 saturated carbocycles. The van der Waals surface area contributed by atoms with Crippen molar-refractivity contribution in [3.8, 4) is 11.5 Å². The monoisotopic (exact) mass is 529 g/mol. The molecule has 11 heteroatoms. The number of hydrogen-bond donors (Lipinski definition) is 1. The van der Waals surface area contributed by atoms with Gasteiger partial charge in [0.1, 0.15) is 23.2 Å². The molecular formula is C27H26F3N3O5. The number of nitrogens with zero attached hydrogens (tertiary/aromatic N) is 2. The van der Waals surface area contributed by atoms with Crippen LogP contribution < -0.4 is 25.2 Å². The zero-order valence-corrected chi connectivity index (χ0v) is 20.9. The average Bonchev–Trinajstić information content (AvgIpc) is 3.19. The first-order valence-corrected chi connectivity index (χ1v) is 11.8. The van der Waals surface area contributed by atoms with Crippen molar-refractivity contribution in [2.45, 2.75) is 38.7 Å². The van der Waals surface area contributed by atoms with E-state index in [0.717, 1.165) is 17.7 Å². The lowest BCUT2D eigenvalue weighted by Crippen LogP contribution is -2.44. The fourth-order valence-electron chi connectivity index (χ4n) is 4.51. The number of hydrogen-bond acceptors (Lipinski definition) is 5. The van der Waals surface area contributed by atoms with Gasteiger partial charge in [-0.25, -0.2) is 0 Å². The number of nitrogens with one attached hydrogen (secondary N) is 1. The van der Waals surface area contributed by atoms with Crippen molar-refractivity contribution in [2.24, 2.45) is 0 Å². The summed E-state index contributed by atoms with van der Waals surface area (Å²) in [6.07, 6.45) is -3.20. The van der Waals surface area contributed by atoms with Crippen LogP contribution in [0.5, 0.6) is 11.5 Å². The number of anilines is 1. The molecule has 8 nitrogen and oxygen atoms in total. The summed E-state index contributed by atoms with van der Waals surface area (Å²) in [4.78, 5) is 41.3. The van der Waals surface area contributed by atoms with Crippen molar-refractivity contribution in [2.75, 3.05) is 18.6 Å². The van der Waals surface area contributed by atoms with Gasteiger partial charge in [-0.3, -0.25) is 14.4 Å². The Morgan fingerprint density at radius 1 is 1.03 bits per heavy atom. The third-order valence-corrected chi connectivity index (χ3v) is 6.45. The lowest BCUT2D eigenvalue weighted by Gasteiger charge is -2.19. The van der Waals surface area contributed by atoms with Crippen LogP contribution in [0.2, 0.25) is 0 Å². The van der Waals surface area contributed by atoms with E-state index in [9.17, 15) is 27.6 Å². The topological polar surface area (TPSA) is 89.9 Å². The summed E-state index contributed by atoms with van der Waals surface area (Å²) in [5.41, 5.74) is 1.33. The molecule has 2 atom stereocenters. The first-order chi connectivity index (χ1) is 18.0. The van der Waals surface area contributed by atoms with Gasteiger partial charge < -0.3 is 24.3 Å². The predicted molar refractivity (Wildman–Crippen MR) is 134 cm³/mol. The third kappa shape index (κ3) is 5.51. The Hall–Kier alpha value is -4.28. The van der Waals surface area contributed by atoms with Gasteiger partial charge in [-0.15, -0.1) is 13.2 Å². The summed E-state index contributed by atoms with van der Waals surface area (Å²) in [6.45, 7) is 4.12. The second-order valence-electron chi connectivity index (χ2n) is 8.79. The standard InChI is InChI=1S/C27H26F3N3O5/c1-4-32-14-13-16(2)23(26(32)36)33-15-21(17-5-9-19(37-3)10-6-17)22(25(33)35)31-24(34)18-7-11-20(12-8-18)38-27(28,29)30/h5-14,21-22H,4,15H2,1-3H3,(H,31,34)/t21-,22-/m0/s1. The van der Waals surface area contributed by atoms with Gasteiger partial charge in [0.05, 0.1) is 7.11 Å². The molecular weight excluding hydrogens is 503 g/mol. The van der Waals surface area contributed by atoms with Gasteiger partial charge in [0.15, 0.2) is 0 Å². The summed E-state index contributed by atoms with van der Waals surface area (Å²) >= 11 is 0. The number of ether oxygens (including phenoxy) is 2. The van der Waals surface area contributed by atoms with E-state index in [1.807, 2.05) is 6.92 Å². The Balaban J connectivity index is 1.67. The highest BCUT2D eigenvalue weighted by Crippen LogP contribution is 2.33. The average molecular weight is 530 g/mol. The first kappa shape index (κ1) is 26.8. The molecule has 38 heavy (non-hydrogen) atoms. The Kier molecular flexibility index (Phi) is 7.47.